The van der Waals surface area contributed by atoms with Crippen LogP contribution in [-0.2, 0) is 0 Å². The van der Waals surface area contributed by atoms with Gasteiger partial charge in [-0.15, -0.1) is 0 Å². The maximum atomic E-state index is 9.47. The Morgan fingerprint density at radius 2 is 2.00 bits per heavy atom. The smallest absolute Gasteiger partial charge is 0.169 e. The number of methoxy groups -OCH3 is 1. The van der Waals surface area contributed by atoms with Crippen LogP contribution in [0.5, 0.6) is 5.75 Å². The summed E-state index contributed by atoms with van der Waals surface area (Å²) in [4.78, 5) is 4.22. The van der Waals surface area contributed by atoms with E-state index in [1.165, 1.54) is 0 Å². The van der Waals surface area contributed by atoms with Crippen LogP contribution in [-0.4, -0.2) is 23.8 Å². The molecule has 1 aromatic heterocycles. The fourth-order valence-corrected chi connectivity index (χ4v) is 1.75. The number of nitrogens with zero attached hydrogens (tertiary/aromatic N) is 1. The molecule has 0 fully saturated rings. The summed E-state index contributed by atoms with van der Waals surface area (Å²) in [6, 6.07) is 13.2. The average Bonchev–Trinajstić information content (AvgIpc) is 2.46. The lowest BCUT2D eigenvalue weighted by Crippen LogP contribution is -2.16. The quantitative estimate of drug-likeness (QED) is 0.847. The van der Waals surface area contributed by atoms with Crippen molar-refractivity contribution in [3.63, 3.8) is 0 Å². The van der Waals surface area contributed by atoms with E-state index >= 15 is 0 Å². The van der Waals surface area contributed by atoms with E-state index in [0.717, 1.165) is 5.56 Å². The molecule has 0 spiro atoms. The van der Waals surface area contributed by atoms with Crippen LogP contribution in [0.1, 0.15) is 11.6 Å². The molecule has 1 heterocycles. The lowest BCUT2D eigenvalue weighted by Gasteiger charge is -2.18. The zero-order chi connectivity index (χ0) is 12.8. The molecule has 1 unspecified atom stereocenters. The van der Waals surface area contributed by atoms with Crippen molar-refractivity contribution < 1.29 is 9.84 Å². The van der Waals surface area contributed by atoms with Gasteiger partial charge in [0.05, 0.1) is 19.8 Å². The van der Waals surface area contributed by atoms with E-state index in [1.807, 2.05) is 36.4 Å². The molecule has 0 aliphatic heterocycles. The van der Waals surface area contributed by atoms with E-state index in [4.69, 9.17) is 4.74 Å². The minimum absolute atomic E-state index is 0.0102. The SMILES string of the molecule is COc1cccnc1NC(CO)c1ccccc1. The van der Waals surface area contributed by atoms with Crippen LogP contribution in [0.25, 0.3) is 0 Å². The third-order valence-electron chi connectivity index (χ3n) is 2.69. The predicted molar refractivity (Wildman–Crippen MR) is 70.7 cm³/mol. The van der Waals surface area contributed by atoms with Gasteiger partial charge in [0.25, 0.3) is 0 Å². The first-order valence-corrected chi connectivity index (χ1v) is 5.76. The van der Waals surface area contributed by atoms with Gasteiger partial charge in [-0.05, 0) is 17.7 Å². The number of aromatic nitrogens is 1. The van der Waals surface area contributed by atoms with E-state index in [1.54, 1.807) is 19.4 Å². The van der Waals surface area contributed by atoms with Crippen molar-refractivity contribution in [2.24, 2.45) is 0 Å². The van der Waals surface area contributed by atoms with Crippen LogP contribution in [0.15, 0.2) is 48.7 Å². The average molecular weight is 244 g/mol. The molecule has 0 saturated carbocycles. The number of benzene rings is 1. The molecule has 2 aromatic rings. The number of hydrogen-bond acceptors (Lipinski definition) is 4. The van der Waals surface area contributed by atoms with Gasteiger partial charge in [-0.25, -0.2) is 4.98 Å². The first-order chi connectivity index (χ1) is 8.85. The van der Waals surface area contributed by atoms with Gasteiger partial charge in [0, 0.05) is 6.20 Å². The van der Waals surface area contributed by atoms with E-state index < -0.39 is 0 Å². The van der Waals surface area contributed by atoms with Crippen molar-refractivity contribution in [1.29, 1.82) is 0 Å². The Balaban J connectivity index is 2.21. The Morgan fingerprint density at radius 3 is 2.67 bits per heavy atom. The third-order valence-corrected chi connectivity index (χ3v) is 2.69. The molecule has 2 N–H and O–H groups in total. The first kappa shape index (κ1) is 12.4. The summed E-state index contributed by atoms with van der Waals surface area (Å²) in [5.74, 6) is 1.29. The Morgan fingerprint density at radius 1 is 1.22 bits per heavy atom. The molecule has 1 aromatic carbocycles. The van der Waals surface area contributed by atoms with Crippen LogP contribution in [0.2, 0.25) is 0 Å². The van der Waals surface area contributed by atoms with Crippen LogP contribution in [0.3, 0.4) is 0 Å². The number of anilines is 1. The number of ether oxygens (including phenoxy) is 1. The lowest BCUT2D eigenvalue weighted by atomic mass is 10.1. The van der Waals surface area contributed by atoms with Gasteiger partial charge in [-0.2, -0.15) is 0 Å². The number of aliphatic hydroxyl groups is 1. The van der Waals surface area contributed by atoms with Crippen LogP contribution >= 0.6 is 0 Å². The normalized spacial score (nSPS) is 11.9. The highest BCUT2D eigenvalue weighted by atomic mass is 16.5. The highest BCUT2D eigenvalue weighted by molar-refractivity contribution is 5.51. The van der Waals surface area contributed by atoms with Crippen molar-refractivity contribution in [3.8, 4) is 5.75 Å². The molecule has 1 atom stereocenters. The van der Waals surface area contributed by atoms with Gasteiger partial charge < -0.3 is 15.2 Å². The van der Waals surface area contributed by atoms with Gasteiger partial charge in [-0.3, -0.25) is 0 Å². The van der Waals surface area contributed by atoms with E-state index in [0.29, 0.717) is 11.6 Å². The Kier molecular flexibility index (Phi) is 4.15. The summed E-state index contributed by atoms with van der Waals surface area (Å²) in [6.07, 6.45) is 1.68. The highest BCUT2D eigenvalue weighted by Crippen LogP contribution is 2.25. The van der Waals surface area contributed by atoms with Crippen LogP contribution in [0, 0.1) is 0 Å². The van der Waals surface area contributed by atoms with Crippen LogP contribution in [0.4, 0.5) is 5.82 Å². The lowest BCUT2D eigenvalue weighted by molar-refractivity contribution is 0.275. The van der Waals surface area contributed by atoms with E-state index in [9.17, 15) is 5.11 Å². The molecule has 0 amide bonds. The molecule has 4 nitrogen and oxygen atoms in total. The van der Waals surface area contributed by atoms with E-state index in [2.05, 4.69) is 10.3 Å². The van der Waals surface area contributed by atoms with Crippen molar-refractivity contribution in [2.45, 2.75) is 6.04 Å². The molecule has 0 aliphatic carbocycles. The molecule has 0 bridgehead atoms. The molecule has 18 heavy (non-hydrogen) atoms. The molecular weight excluding hydrogens is 228 g/mol. The zero-order valence-electron chi connectivity index (χ0n) is 10.2. The van der Waals surface area contributed by atoms with Crippen molar-refractivity contribution >= 4 is 5.82 Å². The Bertz CT molecular complexity index is 488. The number of hydrogen-bond donors (Lipinski definition) is 2. The van der Waals surface area contributed by atoms with Gasteiger partial charge in [-0.1, -0.05) is 30.3 Å². The van der Waals surface area contributed by atoms with Crippen LogP contribution < -0.4 is 10.1 Å². The van der Waals surface area contributed by atoms with Gasteiger partial charge in [0.1, 0.15) is 0 Å². The summed E-state index contributed by atoms with van der Waals surface area (Å²) in [7, 11) is 1.60. The van der Waals surface area contributed by atoms with Crippen molar-refractivity contribution in [3.05, 3.63) is 54.2 Å². The zero-order valence-corrected chi connectivity index (χ0v) is 10.2. The predicted octanol–water partition coefficient (Wildman–Crippen LogP) is 2.24. The molecule has 0 aliphatic rings. The maximum Gasteiger partial charge on any atom is 0.169 e. The minimum atomic E-state index is -0.199. The highest BCUT2D eigenvalue weighted by Gasteiger charge is 2.12. The van der Waals surface area contributed by atoms with Crippen molar-refractivity contribution in [1.82, 2.24) is 4.98 Å². The molecule has 94 valence electrons. The molecule has 2 rings (SSSR count). The number of nitrogens with one attached hydrogen (secondary N) is 1. The number of rotatable bonds is 5. The van der Waals surface area contributed by atoms with Gasteiger partial charge in [0.2, 0.25) is 0 Å². The summed E-state index contributed by atoms with van der Waals surface area (Å²) in [5, 5.41) is 12.7. The summed E-state index contributed by atoms with van der Waals surface area (Å²) in [5.41, 5.74) is 1.01. The van der Waals surface area contributed by atoms with Crippen molar-refractivity contribution in [2.75, 3.05) is 19.0 Å². The molecule has 4 heteroatoms. The molecule has 0 saturated heterocycles. The molecule has 0 radical (unpaired) electrons. The fourth-order valence-electron chi connectivity index (χ4n) is 1.75. The Hall–Kier alpha value is -2.07. The van der Waals surface area contributed by atoms with Gasteiger partial charge in [0.15, 0.2) is 11.6 Å². The largest absolute Gasteiger partial charge is 0.493 e. The minimum Gasteiger partial charge on any atom is -0.493 e. The topological polar surface area (TPSA) is 54.4 Å². The standard InChI is InChI=1S/C14H16N2O2/c1-18-13-8-5-9-15-14(13)16-12(10-17)11-6-3-2-4-7-11/h2-9,12,17H,10H2,1H3,(H,15,16). The van der Waals surface area contributed by atoms with E-state index in [-0.39, 0.29) is 12.6 Å². The summed E-state index contributed by atoms with van der Waals surface area (Å²) < 4.78 is 5.22. The number of pyridine rings is 1. The Labute approximate surface area is 106 Å². The summed E-state index contributed by atoms with van der Waals surface area (Å²) >= 11 is 0. The second-order valence-corrected chi connectivity index (χ2v) is 3.84. The van der Waals surface area contributed by atoms with Gasteiger partial charge >= 0.3 is 0 Å². The molecular formula is C14H16N2O2. The monoisotopic (exact) mass is 244 g/mol. The fraction of sp³-hybridized carbons (Fsp3) is 0.214. The number of aliphatic hydroxyl groups excluding tert-OH is 1. The second-order valence-electron chi connectivity index (χ2n) is 3.84. The maximum absolute atomic E-state index is 9.47. The second kappa shape index (κ2) is 6.02. The third kappa shape index (κ3) is 2.78. The first-order valence-electron chi connectivity index (χ1n) is 5.76. The summed E-state index contributed by atoms with van der Waals surface area (Å²) in [6.45, 7) is -0.0102.